The number of ether oxygens (including phenoxy) is 2. The van der Waals surface area contributed by atoms with Gasteiger partial charge in [0.05, 0.1) is 12.1 Å². The van der Waals surface area contributed by atoms with Crippen molar-refractivity contribution in [2.24, 2.45) is 11.0 Å². The van der Waals surface area contributed by atoms with Crippen LogP contribution in [0.2, 0.25) is 0 Å². The van der Waals surface area contributed by atoms with Crippen LogP contribution in [0.1, 0.15) is 85.6 Å². The number of nitrogens with zero attached hydrogens (tertiary/aromatic N) is 5. The molecule has 5 atom stereocenters. The fourth-order valence-corrected chi connectivity index (χ4v) is 7.42. The first-order chi connectivity index (χ1) is 24.9. The zero-order chi connectivity index (χ0) is 38.9. The summed E-state index contributed by atoms with van der Waals surface area (Å²) in [6.45, 7) is 8.98. The molecule has 0 radical (unpaired) electrons. The van der Waals surface area contributed by atoms with E-state index in [2.05, 4.69) is 25.5 Å². The van der Waals surface area contributed by atoms with Crippen molar-refractivity contribution in [1.29, 1.82) is 5.53 Å². The van der Waals surface area contributed by atoms with E-state index in [9.17, 15) is 27.6 Å². The van der Waals surface area contributed by atoms with Gasteiger partial charge in [0.15, 0.2) is 0 Å². The highest BCUT2D eigenvalue weighted by Crippen LogP contribution is 2.46. The van der Waals surface area contributed by atoms with E-state index in [0.29, 0.717) is 29.6 Å². The monoisotopic (exact) mass is 757 g/mol. The minimum Gasteiger partial charge on any atom is -0.459 e. The Balaban J connectivity index is 1.51. The summed E-state index contributed by atoms with van der Waals surface area (Å²) in [5.74, 6) is -2.55. The molecule has 3 aliphatic rings. The third kappa shape index (κ3) is 8.80. The molecule has 5 rings (SSSR count). The number of carbonyl (C=O) groups is 4. The number of fused-ring (bicyclic) bond motifs is 3. The maximum absolute atomic E-state index is 14.5. The number of amides is 4. The fourth-order valence-electron chi connectivity index (χ4n) is 6.82. The van der Waals surface area contributed by atoms with E-state index >= 15 is 0 Å². The van der Waals surface area contributed by atoms with Gasteiger partial charge in [-0.15, -0.1) is 0 Å². The van der Waals surface area contributed by atoms with Gasteiger partial charge in [-0.2, -0.15) is 22.8 Å². The van der Waals surface area contributed by atoms with Crippen molar-refractivity contribution in [3.05, 3.63) is 30.4 Å². The van der Waals surface area contributed by atoms with Gasteiger partial charge in [-0.1, -0.05) is 31.1 Å². The van der Waals surface area contributed by atoms with Crippen LogP contribution in [-0.2, 0) is 29.3 Å². The topological polar surface area (TPSA) is 217 Å². The van der Waals surface area contributed by atoms with Crippen molar-refractivity contribution >= 4 is 50.7 Å². The standard InChI is InChI=1S/C35H51N9O8S/c1-21(2)44-26-17-13-16-24(40-36)28(26)38-32(44)51-23-18-27-29(45)39-35(31(47)41-53(49,50)42(6)7)19-22(35)14-11-9-8-10-12-15-25(30(46)43(27)20-23)37-33(48)52-34(3,4)5/h11,13-14,16-17,21-23,25,27,36H,8-10,12,15,18-20H2,1-7H3,(H,37,48)(H,39,45)(H,41,47)/b14-11-,40-36?/t22-,23-,25+,27+,35-/m1/s1. The minimum absolute atomic E-state index is 0.00189. The molecule has 53 heavy (non-hydrogen) atoms. The second-order valence-corrected chi connectivity index (χ2v) is 17.2. The second kappa shape index (κ2) is 15.4. The van der Waals surface area contributed by atoms with Crippen molar-refractivity contribution in [3.63, 3.8) is 0 Å². The van der Waals surface area contributed by atoms with E-state index in [-0.39, 0.29) is 37.9 Å². The smallest absolute Gasteiger partial charge is 0.408 e. The van der Waals surface area contributed by atoms with Crippen LogP contribution >= 0.6 is 0 Å². The van der Waals surface area contributed by atoms with Gasteiger partial charge in [-0.3, -0.25) is 19.0 Å². The van der Waals surface area contributed by atoms with Crippen LogP contribution in [0.5, 0.6) is 6.01 Å². The molecule has 18 heteroatoms. The summed E-state index contributed by atoms with van der Waals surface area (Å²) in [5, 5.41) is 9.15. The number of carbonyl (C=O) groups excluding carboxylic acids is 4. The third-order valence-electron chi connectivity index (χ3n) is 9.61. The lowest BCUT2D eigenvalue weighted by atomic mass is 10.0. The lowest BCUT2D eigenvalue weighted by molar-refractivity contribution is -0.141. The number of nitrogens with one attached hydrogen (secondary N) is 4. The van der Waals surface area contributed by atoms with E-state index < -0.39 is 69.3 Å². The second-order valence-electron chi connectivity index (χ2n) is 15.4. The van der Waals surface area contributed by atoms with Crippen LogP contribution in [0.3, 0.4) is 0 Å². The molecule has 4 N–H and O–H groups in total. The van der Waals surface area contributed by atoms with Crippen LogP contribution in [0.25, 0.3) is 11.0 Å². The molecule has 1 aromatic carbocycles. The Hall–Kier alpha value is -4.58. The Bertz CT molecular complexity index is 1890. The van der Waals surface area contributed by atoms with Gasteiger partial charge in [0.1, 0.15) is 40.5 Å². The summed E-state index contributed by atoms with van der Waals surface area (Å²) in [4.78, 5) is 61.5. The van der Waals surface area contributed by atoms with Crippen molar-refractivity contribution in [2.45, 2.75) is 115 Å². The quantitative estimate of drug-likeness (QED) is 0.227. The van der Waals surface area contributed by atoms with Crippen LogP contribution < -0.4 is 20.1 Å². The van der Waals surface area contributed by atoms with Gasteiger partial charge in [0, 0.05) is 32.5 Å². The summed E-state index contributed by atoms with van der Waals surface area (Å²) in [6, 6.07) is 3.19. The molecule has 0 spiro atoms. The number of alkyl carbamates (subject to hydrolysis) is 1. The molecule has 1 aliphatic carbocycles. The molecule has 0 bridgehead atoms. The van der Waals surface area contributed by atoms with E-state index in [1.54, 1.807) is 32.9 Å². The van der Waals surface area contributed by atoms with Gasteiger partial charge in [-0.25, -0.2) is 15.0 Å². The van der Waals surface area contributed by atoms with Crippen LogP contribution in [0.4, 0.5) is 10.5 Å². The maximum Gasteiger partial charge on any atom is 0.408 e. The molecule has 4 amide bonds. The molecule has 0 unspecified atom stereocenters. The fraction of sp³-hybridized carbons (Fsp3) is 0.629. The number of hydrogen-bond donors (Lipinski definition) is 4. The average Bonchev–Trinajstić information content (AvgIpc) is 3.38. The predicted molar refractivity (Wildman–Crippen MR) is 195 cm³/mol. The van der Waals surface area contributed by atoms with Gasteiger partial charge in [-0.05, 0) is 72.4 Å². The van der Waals surface area contributed by atoms with Crippen LogP contribution in [0, 0.1) is 11.4 Å². The number of hydrogen-bond acceptors (Lipinski definition) is 11. The number of benzene rings is 1. The summed E-state index contributed by atoms with van der Waals surface area (Å²) >= 11 is 0. The van der Waals surface area contributed by atoms with Crippen molar-refractivity contribution < 1.29 is 37.1 Å². The normalized spacial score (nSPS) is 26.2. The van der Waals surface area contributed by atoms with Crippen molar-refractivity contribution in [1.82, 2.24) is 34.1 Å². The molecule has 2 aromatic rings. The summed E-state index contributed by atoms with van der Waals surface area (Å²) < 4.78 is 42.1. The number of imidazole rings is 1. The molecule has 2 fully saturated rings. The highest BCUT2D eigenvalue weighted by Gasteiger charge is 2.61. The van der Waals surface area contributed by atoms with Crippen LogP contribution in [0.15, 0.2) is 35.5 Å². The molecular formula is C35H51N9O8S. The van der Waals surface area contributed by atoms with E-state index in [1.165, 1.54) is 19.0 Å². The van der Waals surface area contributed by atoms with Gasteiger partial charge >= 0.3 is 16.3 Å². The molecular weight excluding hydrogens is 707 g/mol. The SMILES string of the molecule is CC(C)n1c(O[C@@H]2C[C@H]3C(=O)N[C@]4(C(=O)NS(=O)(=O)N(C)C)C[C@H]4/C=C\CCCCC[C@H](NC(=O)OC(C)(C)C)C(=O)N3C2)nc2c(N=N)cccc21. The Morgan fingerprint density at radius 2 is 1.91 bits per heavy atom. The summed E-state index contributed by atoms with van der Waals surface area (Å²) in [7, 11) is -1.61. The lowest BCUT2D eigenvalue weighted by Crippen LogP contribution is -2.58. The molecule has 17 nitrogen and oxygen atoms in total. The molecule has 290 valence electrons. The Morgan fingerprint density at radius 3 is 2.57 bits per heavy atom. The maximum atomic E-state index is 14.5. The molecule has 3 heterocycles. The Morgan fingerprint density at radius 1 is 1.17 bits per heavy atom. The number of rotatable bonds is 8. The highest BCUT2D eigenvalue weighted by atomic mass is 32.2. The molecule has 1 saturated carbocycles. The number of allylic oxidation sites excluding steroid dienone is 1. The van der Waals surface area contributed by atoms with Crippen molar-refractivity contribution in [2.75, 3.05) is 20.6 Å². The zero-order valence-electron chi connectivity index (χ0n) is 31.3. The van der Waals surface area contributed by atoms with Gasteiger partial charge < -0.3 is 25.0 Å². The van der Waals surface area contributed by atoms with Crippen molar-refractivity contribution in [3.8, 4) is 6.01 Å². The Labute approximate surface area is 309 Å². The largest absolute Gasteiger partial charge is 0.459 e. The number of para-hydroxylation sites is 1. The Kier molecular flexibility index (Phi) is 11.5. The molecule has 2 aliphatic heterocycles. The minimum atomic E-state index is -4.18. The van der Waals surface area contributed by atoms with Gasteiger partial charge in [0.2, 0.25) is 11.8 Å². The lowest BCUT2D eigenvalue weighted by Gasteiger charge is -2.30. The first-order valence-corrected chi connectivity index (χ1v) is 19.4. The molecule has 1 saturated heterocycles. The summed E-state index contributed by atoms with van der Waals surface area (Å²) in [6.07, 6.45) is 5.45. The number of aromatic nitrogens is 2. The van der Waals surface area contributed by atoms with Gasteiger partial charge in [0.25, 0.3) is 11.9 Å². The first kappa shape index (κ1) is 39.6. The summed E-state index contributed by atoms with van der Waals surface area (Å²) in [5.41, 5.74) is 6.75. The average molecular weight is 758 g/mol. The zero-order valence-corrected chi connectivity index (χ0v) is 32.2. The van der Waals surface area contributed by atoms with E-state index in [0.717, 1.165) is 17.1 Å². The molecule has 1 aromatic heterocycles. The van der Waals surface area contributed by atoms with E-state index in [1.807, 2.05) is 36.6 Å². The predicted octanol–water partition coefficient (Wildman–Crippen LogP) is 3.84. The highest BCUT2D eigenvalue weighted by molar-refractivity contribution is 7.87. The van der Waals surface area contributed by atoms with E-state index in [4.69, 9.17) is 15.0 Å². The third-order valence-corrected chi connectivity index (χ3v) is 11.0. The van der Waals surface area contributed by atoms with Crippen LogP contribution in [-0.4, -0.2) is 101 Å². The first-order valence-electron chi connectivity index (χ1n) is 18.0.